The first-order valence-corrected chi connectivity index (χ1v) is 10.6. The minimum absolute atomic E-state index is 0. The molecule has 1 aliphatic carbocycles. The van der Waals surface area contributed by atoms with Gasteiger partial charge < -0.3 is 18.9 Å². The van der Waals surface area contributed by atoms with Gasteiger partial charge in [-0.05, 0) is 48.4 Å². The van der Waals surface area contributed by atoms with Crippen LogP contribution in [-0.2, 0) is 6.42 Å². The number of carbonyl (C=O) groups excluding carboxylic acids is 1. The number of carbonyl (C=O) groups is 1. The molecule has 0 amide bonds. The highest BCUT2D eigenvalue weighted by atomic mass is 35.5. The molecule has 1 fully saturated rings. The maximum absolute atomic E-state index is 13.0. The van der Waals surface area contributed by atoms with Gasteiger partial charge in [0, 0.05) is 38.3 Å². The molecule has 7 nitrogen and oxygen atoms in total. The zero-order chi connectivity index (χ0) is 21.8. The Bertz CT molecular complexity index is 913. The number of benzene rings is 2. The summed E-state index contributed by atoms with van der Waals surface area (Å²) in [7, 11) is 4.87. The second-order valence-corrected chi connectivity index (χ2v) is 7.85. The second-order valence-electron chi connectivity index (χ2n) is 7.85. The Kier molecular flexibility index (Phi) is 8.23. The predicted octanol–water partition coefficient (Wildman–Crippen LogP) is 2.94. The Morgan fingerprint density at radius 1 is 0.875 bits per heavy atom. The van der Waals surface area contributed by atoms with Crippen LogP contribution in [0, 0.1) is 0 Å². The highest BCUT2D eigenvalue weighted by Gasteiger charge is 2.37. The molecular formula is C24H31ClN2O5. The molecule has 0 aromatic heterocycles. The molecule has 1 heterocycles. The molecule has 32 heavy (non-hydrogen) atoms. The van der Waals surface area contributed by atoms with Crippen LogP contribution in [-0.4, -0.2) is 82.3 Å². The average Bonchev–Trinajstić information content (AvgIpc) is 3.14. The van der Waals surface area contributed by atoms with Crippen molar-refractivity contribution in [3.8, 4) is 23.0 Å². The summed E-state index contributed by atoms with van der Waals surface area (Å²) >= 11 is 0. The predicted molar refractivity (Wildman–Crippen MR) is 125 cm³/mol. The minimum atomic E-state index is -0.0930. The van der Waals surface area contributed by atoms with E-state index in [9.17, 15) is 4.79 Å². The summed E-state index contributed by atoms with van der Waals surface area (Å²) in [4.78, 5) is 17.7. The van der Waals surface area contributed by atoms with Crippen LogP contribution in [0.3, 0.4) is 0 Å². The number of Topliss-reactive ketones (excluding diaryl/α,β-unsaturated/α-hetero) is 1. The number of ketones is 1. The topological polar surface area (TPSA) is 60.5 Å². The van der Waals surface area contributed by atoms with Crippen LogP contribution in [0.1, 0.15) is 15.9 Å². The quantitative estimate of drug-likeness (QED) is 0.597. The summed E-state index contributed by atoms with van der Waals surface area (Å²) < 4.78 is 21.8. The molecule has 174 valence electrons. The Labute approximate surface area is 195 Å². The lowest BCUT2D eigenvalue weighted by Gasteiger charge is -2.37. The lowest BCUT2D eigenvalue weighted by molar-refractivity contribution is 0.0667. The number of fused-ring (bicyclic) bond motifs is 1. The zero-order valence-electron chi connectivity index (χ0n) is 18.8. The smallest absolute Gasteiger partial charge is 0.180 e. The van der Waals surface area contributed by atoms with E-state index in [1.165, 1.54) is 0 Å². The van der Waals surface area contributed by atoms with Crippen molar-refractivity contribution >= 4 is 18.2 Å². The zero-order valence-corrected chi connectivity index (χ0v) is 19.7. The first kappa shape index (κ1) is 24.2. The lowest BCUT2D eigenvalue weighted by Crippen LogP contribution is -2.52. The Hall–Kier alpha value is -2.48. The summed E-state index contributed by atoms with van der Waals surface area (Å²) in [6.45, 7) is 5.12. The van der Waals surface area contributed by atoms with E-state index in [0.29, 0.717) is 18.1 Å². The monoisotopic (exact) mass is 462 g/mol. The fourth-order valence-electron chi connectivity index (χ4n) is 4.36. The fourth-order valence-corrected chi connectivity index (χ4v) is 4.36. The standard InChI is InChI=1S/C24H30N2O5.ClH/c1-28-18-4-6-19(7-5-18)31-13-12-25-8-10-26(11-9-25)21-14-17-15-22(29-2)23(30-3)16-20(17)24(21)27;/h4-7,15-16,21H,8-14H2,1-3H3;1H. The SMILES string of the molecule is COc1ccc(OCCN2CCN(C3Cc4cc(OC)c(OC)cc4C3=O)CC2)cc1.Cl. The number of ether oxygens (including phenoxy) is 4. The van der Waals surface area contributed by atoms with Crippen molar-refractivity contribution in [2.24, 2.45) is 0 Å². The van der Waals surface area contributed by atoms with Crippen LogP contribution < -0.4 is 18.9 Å². The number of hydrogen-bond donors (Lipinski definition) is 0. The van der Waals surface area contributed by atoms with Gasteiger partial charge in [-0.25, -0.2) is 0 Å². The van der Waals surface area contributed by atoms with Gasteiger partial charge in [0.2, 0.25) is 0 Å². The fraction of sp³-hybridized carbons (Fsp3) is 0.458. The van der Waals surface area contributed by atoms with Crippen molar-refractivity contribution in [2.45, 2.75) is 12.5 Å². The lowest BCUT2D eigenvalue weighted by atomic mass is 10.1. The number of rotatable bonds is 8. The van der Waals surface area contributed by atoms with Gasteiger partial charge in [-0.15, -0.1) is 12.4 Å². The van der Waals surface area contributed by atoms with Gasteiger partial charge in [-0.1, -0.05) is 0 Å². The third-order valence-corrected chi connectivity index (χ3v) is 6.17. The van der Waals surface area contributed by atoms with E-state index in [4.69, 9.17) is 18.9 Å². The maximum atomic E-state index is 13.0. The van der Waals surface area contributed by atoms with E-state index in [2.05, 4.69) is 9.80 Å². The van der Waals surface area contributed by atoms with Gasteiger partial charge in [0.05, 0.1) is 27.4 Å². The van der Waals surface area contributed by atoms with Crippen LogP contribution in [0.5, 0.6) is 23.0 Å². The molecule has 2 aromatic carbocycles. The molecule has 1 saturated heterocycles. The molecule has 0 radical (unpaired) electrons. The Morgan fingerprint density at radius 2 is 1.50 bits per heavy atom. The van der Waals surface area contributed by atoms with Gasteiger partial charge in [0.15, 0.2) is 17.3 Å². The molecule has 1 unspecified atom stereocenters. The van der Waals surface area contributed by atoms with E-state index >= 15 is 0 Å². The molecule has 2 aliphatic rings. The molecule has 1 aliphatic heterocycles. The van der Waals surface area contributed by atoms with E-state index < -0.39 is 0 Å². The molecule has 1 atom stereocenters. The average molecular weight is 463 g/mol. The molecular weight excluding hydrogens is 432 g/mol. The molecule has 0 bridgehead atoms. The summed E-state index contributed by atoms with van der Waals surface area (Å²) in [5.41, 5.74) is 1.81. The van der Waals surface area contributed by atoms with Crippen LogP contribution in [0.15, 0.2) is 36.4 Å². The number of hydrogen-bond acceptors (Lipinski definition) is 7. The van der Waals surface area contributed by atoms with Crippen molar-refractivity contribution in [1.29, 1.82) is 0 Å². The Morgan fingerprint density at radius 3 is 2.12 bits per heavy atom. The van der Waals surface area contributed by atoms with Crippen molar-refractivity contribution in [2.75, 3.05) is 60.7 Å². The van der Waals surface area contributed by atoms with Crippen LogP contribution in [0.25, 0.3) is 0 Å². The highest BCUT2D eigenvalue weighted by Crippen LogP contribution is 2.36. The van der Waals surface area contributed by atoms with Crippen molar-refractivity contribution in [3.05, 3.63) is 47.5 Å². The van der Waals surface area contributed by atoms with E-state index in [-0.39, 0.29) is 24.2 Å². The number of piperazine rings is 1. The molecule has 2 aromatic rings. The summed E-state index contributed by atoms with van der Waals surface area (Å²) in [5, 5.41) is 0. The Balaban J connectivity index is 0.00000289. The van der Waals surface area contributed by atoms with Crippen LogP contribution in [0.4, 0.5) is 0 Å². The molecule has 4 rings (SSSR count). The first-order valence-electron chi connectivity index (χ1n) is 10.6. The molecule has 0 spiro atoms. The van der Waals surface area contributed by atoms with Crippen molar-refractivity contribution < 1.29 is 23.7 Å². The van der Waals surface area contributed by atoms with E-state index in [1.54, 1.807) is 21.3 Å². The third-order valence-electron chi connectivity index (χ3n) is 6.17. The summed E-state index contributed by atoms with van der Waals surface area (Å²) in [5.74, 6) is 3.14. The van der Waals surface area contributed by atoms with Crippen LogP contribution >= 0.6 is 12.4 Å². The largest absolute Gasteiger partial charge is 0.497 e. The highest BCUT2D eigenvalue weighted by molar-refractivity contribution is 6.05. The second kappa shape index (κ2) is 10.9. The summed E-state index contributed by atoms with van der Waals surface area (Å²) in [6, 6.07) is 11.3. The first-order chi connectivity index (χ1) is 15.1. The molecule has 0 saturated carbocycles. The van der Waals surface area contributed by atoms with Crippen molar-refractivity contribution in [1.82, 2.24) is 9.80 Å². The van der Waals surface area contributed by atoms with Crippen LogP contribution in [0.2, 0.25) is 0 Å². The number of methoxy groups -OCH3 is 3. The van der Waals surface area contributed by atoms with E-state index in [1.807, 2.05) is 36.4 Å². The normalized spacial score (nSPS) is 18.6. The third kappa shape index (κ3) is 5.11. The van der Waals surface area contributed by atoms with E-state index in [0.717, 1.165) is 61.8 Å². The van der Waals surface area contributed by atoms with Gasteiger partial charge in [0.1, 0.15) is 18.1 Å². The minimum Gasteiger partial charge on any atom is -0.497 e. The number of halogens is 1. The molecule has 8 heteroatoms. The van der Waals surface area contributed by atoms with Gasteiger partial charge in [-0.2, -0.15) is 0 Å². The van der Waals surface area contributed by atoms with Crippen molar-refractivity contribution in [3.63, 3.8) is 0 Å². The van der Waals surface area contributed by atoms with Gasteiger partial charge in [0.25, 0.3) is 0 Å². The van der Waals surface area contributed by atoms with Gasteiger partial charge in [-0.3, -0.25) is 14.6 Å². The maximum Gasteiger partial charge on any atom is 0.180 e. The molecule has 0 N–H and O–H groups in total. The van der Waals surface area contributed by atoms with Gasteiger partial charge >= 0.3 is 0 Å². The number of nitrogens with zero attached hydrogens (tertiary/aromatic N) is 2. The summed E-state index contributed by atoms with van der Waals surface area (Å²) in [6.07, 6.45) is 0.731.